The molecule has 3 rings (SSSR count). The van der Waals surface area contributed by atoms with Gasteiger partial charge in [0, 0.05) is 13.2 Å². The van der Waals surface area contributed by atoms with E-state index >= 15 is 0 Å². The van der Waals surface area contributed by atoms with Crippen LogP contribution in [0.25, 0.3) is 0 Å². The average Bonchev–Trinajstić information content (AvgIpc) is 2.72. The van der Waals surface area contributed by atoms with Crippen molar-refractivity contribution in [3.63, 3.8) is 0 Å². The Labute approximate surface area is 161 Å². The van der Waals surface area contributed by atoms with Crippen molar-refractivity contribution in [1.82, 2.24) is 5.32 Å². The minimum atomic E-state index is -0.568. The van der Waals surface area contributed by atoms with Gasteiger partial charge in [0.05, 0.1) is 6.61 Å². The predicted molar refractivity (Wildman–Crippen MR) is 106 cm³/mol. The van der Waals surface area contributed by atoms with Crippen molar-refractivity contribution in [3.8, 4) is 0 Å². The Hall–Kier alpha value is -1.75. The van der Waals surface area contributed by atoms with Crippen molar-refractivity contribution in [3.05, 3.63) is 71.5 Å². The Balaban J connectivity index is 1.83. The fourth-order valence-electron chi connectivity index (χ4n) is 3.70. The van der Waals surface area contributed by atoms with E-state index in [2.05, 4.69) is 24.4 Å². The summed E-state index contributed by atoms with van der Waals surface area (Å²) in [7, 11) is 0. The SMILES string of the molecule is CCCCCO[C@@H]1CNCC[C@@]1(OCc1ccccc1)c1ccc(F)cc1. The van der Waals surface area contributed by atoms with Gasteiger partial charge in [-0.1, -0.05) is 62.2 Å². The van der Waals surface area contributed by atoms with Crippen LogP contribution in [-0.2, 0) is 21.7 Å². The second-order valence-electron chi connectivity index (χ2n) is 7.19. The third kappa shape index (κ3) is 5.16. The quantitative estimate of drug-likeness (QED) is 0.642. The van der Waals surface area contributed by atoms with E-state index in [0.29, 0.717) is 6.61 Å². The van der Waals surface area contributed by atoms with E-state index in [1.165, 1.54) is 18.6 Å². The summed E-state index contributed by atoms with van der Waals surface area (Å²) in [5.41, 5.74) is 1.55. The van der Waals surface area contributed by atoms with Gasteiger partial charge >= 0.3 is 0 Å². The van der Waals surface area contributed by atoms with Crippen LogP contribution in [0.1, 0.15) is 43.7 Å². The zero-order chi connectivity index (χ0) is 19.0. The topological polar surface area (TPSA) is 30.5 Å². The summed E-state index contributed by atoms with van der Waals surface area (Å²) in [5.74, 6) is -0.230. The molecule has 146 valence electrons. The summed E-state index contributed by atoms with van der Waals surface area (Å²) in [4.78, 5) is 0. The molecule has 1 aliphatic rings. The maximum atomic E-state index is 13.5. The van der Waals surface area contributed by atoms with Crippen LogP contribution >= 0.6 is 0 Å². The van der Waals surface area contributed by atoms with Gasteiger partial charge in [-0.2, -0.15) is 0 Å². The zero-order valence-electron chi connectivity index (χ0n) is 16.1. The first-order chi connectivity index (χ1) is 13.2. The lowest BCUT2D eigenvalue weighted by molar-refractivity contribution is -0.173. The number of ether oxygens (including phenoxy) is 2. The molecular formula is C23H30FNO2. The van der Waals surface area contributed by atoms with Crippen molar-refractivity contribution in [2.45, 2.75) is 50.9 Å². The Bertz CT molecular complexity index is 677. The third-order valence-corrected chi connectivity index (χ3v) is 5.26. The van der Waals surface area contributed by atoms with Gasteiger partial charge in [0.15, 0.2) is 0 Å². The van der Waals surface area contributed by atoms with Crippen LogP contribution in [0.4, 0.5) is 4.39 Å². The fourth-order valence-corrected chi connectivity index (χ4v) is 3.70. The maximum Gasteiger partial charge on any atom is 0.123 e. The van der Waals surface area contributed by atoms with Gasteiger partial charge in [0.25, 0.3) is 0 Å². The molecule has 0 radical (unpaired) electrons. The van der Waals surface area contributed by atoms with E-state index in [9.17, 15) is 4.39 Å². The van der Waals surface area contributed by atoms with E-state index in [-0.39, 0.29) is 11.9 Å². The highest BCUT2D eigenvalue weighted by atomic mass is 19.1. The molecule has 2 aromatic carbocycles. The standard InChI is InChI=1S/C23H30FNO2/c1-2-3-7-16-26-22-17-25-15-14-23(22,20-10-12-21(24)13-11-20)27-18-19-8-5-4-6-9-19/h4-6,8-13,22,25H,2-3,7,14-18H2,1H3/t22-,23-/m1/s1. The molecule has 1 N–H and O–H groups in total. The number of benzene rings is 2. The summed E-state index contributed by atoms with van der Waals surface area (Å²) < 4.78 is 26.4. The molecule has 1 aliphatic heterocycles. The van der Waals surface area contributed by atoms with E-state index in [0.717, 1.165) is 50.1 Å². The van der Waals surface area contributed by atoms with Crippen molar-refractivity contribution in [2.24, 2.45) is 0 Å². The van der Waals surface area contributed by atoms with Crippen molar-refractivity contribution in [2.75, 3.05) is 19.7 Å². The highest BCUT2D eigenvalue weighted by Crippen LogP contribution is 2.38. The number of nitrogens with one attached hydrogen (secondary N) is 1. The van der Waals surface area contributed by atoms with E-state index in [4.69, 9.17) is 9.47 Å². The van der Waals surface area contributed by atoms with Crippen LogP contribution in [0, 0.1) is 5.82 Å². The molecule has 3 nitrogen and oxygen atoms in total. The molecule has 0 aliphatic carbocycles. The molecular weight excluding hydrogens is 341 g/mol. The van der Waals surface area contributed by atoms with Crippen molar-refractivity contribution in [1.29, 1.82) is 0 Å². The van der Waals surface area contributed by atoms with Crippen molar-refractivity contribution >= 4 is 0 Å². The highest BCUT2D eigenvalue weighted by Gasteiger charge is 2.44. The Morgan fingerprint density at radius 3 is 2.59 bits per heavy atom. The number of halogens is 1. The first kappa shape index (κ1) is 20.0. The van der Waals surface area contributed by atoms with E-state index in [1.807, 2.05) is 30.3 Å². The number of unbranched alkanes of at least 4 members (excludes halogenated alkanes) is 2. The number of hydrogen-bond acceptors (Lipinski definition) is 3. The molecule has 0 spiro atoms. The molecule has 0 unspecified atom stereocenters. The molecule has 0 saturated carbocycles. The van der Waals surface area contributed by atoms with Gasteiger partial charge in [-0.15, -0.1) is 0 Å². The molecule has 2 aromatic rings. The van der Waals surface area contributed by atoms with Crippen LogP contribution < -0.4 is 5.32 Å². The average molecular weight is 371 g/mol. The molecule has 2 atom stereocenters. The molecule has 1 fully saturated rings. The third-order valence-electron chi connectivity index (χ3n) is 5.26. The summed E-state index contributed by atoms with van der Waals surface area (Å²) in [6, 6.07) is 16.9. The predicted octanol–water partition coefficient (Wildman–Crippen LogP) is 4.81. The summed E-state index contributed by atoms with van der Waals surface area (Å²) in [5, 5.41) is 3.43. The summed E-state index contributed by atoms with van der Waals surface area (Å²) in [6.45, 7) is 5.00. The lowest BCUT2D eigenvalue weighted by Crippen LogP contribution is -2.54. The maximum absolute atomic E-state index is 13.5. The molecule has 0 amide bonds. The van der Waals surface area contributed by atoms with Crippen LogP contribution in [0.2, 0.25) is 0 Å². The van der Waals surface area contributed by atoms with Gasteiger partial charge in [-0.3, -0.25) is 0 Å². The second-order valence-corrected chi connectivity index (χ2v) is 7.19. The Morgan fingerprint density at radius 1 is 1.07 bits per heavy atom. The number of piperidine rings is 1. The minimum Gasteiger partial charge on any atom is -0.374 e. The summed E-state index contributed by atoms with van der Waals surface area (Å²) >= 11 is 0. The van der Waals surface area contributed by atoms with Crippen LogP contribution in [0.15, 0.2) is 54.6 Å². The van der Waals surface area contributed by atoms with Crippen LogP contribution in [-0.4, -0.2) is 25.8 Å². The van der Waals surface area contributed by atoms with Gasteiger partial charge in [0.1, 0.15) is 17.5 Å². The molecule has 1 heterocycles. The normalized spacial score (nSPS) is 22.7. The number of rotatable bonds is 9. The monoisotopic (exact) mass is 371 g/mol. The van der Waals surface area contributed by atoms with Gasteiger partial charge in [-0.05, 0) is 42.6 Å². The first-order valence-corrected chi connectivity index (χ1v) is 10.0. The largest absolute Gasteiger partial charge is 0.374 e. The molecule has 1 saturated heterocycles. The number of hydrogen-bond donors (Lipinski definition) is 1. The van der Waals surface area contributed by atoms with E-state index < -0.39 is 5.60 Å². The second kappa shape index (κ2) is 9.98. The van der Waals surface area contributed by atoms with Crippen LogP contribution in [0.3, 0.4) is 0 Å². The van der Waals surface area contributed by atoms with Gasteiger partial charge in [-0.25, -0.2) is 4.39 Å². The Kier molecular flexibility index (Phi) is 7.39. The lowest BCUT2D eigenvalue weighted by atomic mass is 9.82. The molecule has 0 aromatic heterocycles. The van der Waals surface area contributed by atoms with Gasteiger partial charge in [0.2, 0.25) is 0 Å². The molecule has 27 heavy (non-hydrogen) atoms. The van der Waals surface area contributed by atoms with Gasteiger partial charge < -0.3 is 14.8 Å². The smallest absolute Gasteiger partial charge is 0.123 e. The Morgan fingerprint density at radius 2 is 1.85 bits per heavy atom. The minimum absolute atomic E-state index is 0.0997. The summed E-state index contributed by atoms with van der Waals surface area (Å²) in [6.07, 6.45) is 4.07. The first-order valence-electron chi connectivity index (χ1n) is 10.0. The molecule has 4 heteroatoms. The van der Waals surface area contributed by atoms with Crippen molar-refractivity contribution < 1.29 is 13.9 Å². The zero-order valence-corrected chi connectivity index (χ0v) is 16.1. The van der Waals surface area contributed by atoms with E-state index in [1.54, 1.807) is 0 Å². The fraction of sp³-hybridized carbons (Fsp3) is 0.478. The lowest BCUT2D eigenvalue weighted by Gasteiger charge is -2.44. The van der Waals surface area contributed by atoms with Crippen LogP contribution in [0.5, 0.6) is 0 Å². The molecule has 0 bridgehead atoms. The highest BCUT2D eigenvalue weighted by molar-refractivity contribution is 5.27.